The summed E-state index contributed by atoms with van der Waals surface area (Å²) in [5, 5.41) is 3.63. The van der Waals surface area contributed by atoms with Crippen molar-refractivity contribution in [2.24, 2.45) is 11.8 Å². The molecule has 2 fully saturated rings. The molecule has 1 aromatic heterocycles. The lowest BCUT2D eigenvalue weighted by molar-refractivity contribution is -0.135. The molecule has 2 bridgehead atoms. The second-order valence-electron chi connectivity index (χ2n) is 8.78. The molecule has 2 aliphatic heterocycles. The van der Waals surface area contributed by atoms with Crippen LogP contribution in [0, 0.1) is 11.8 Å². The Morgan fingerprint density at radius 3 is 2.83 bits per heavy atom. The number of carbonyl (C=O) groups is 2. The van der Waals surface area contributed by atoms with Crippen molar-refractivity contribution in [2.75, 3.05) is 33.7 Å². The molecule has 0 radical (unpaired) electrons. The zero-order valence-corrected chi connectivity index (χ0v) is 17.7. The highest BCUT2D eigenvalue weighted by Gasteiger charge is 2.37. The highest BCUT2D eigenvalue weighted by atomic mass is 16.4. The number of fused-ring (bicyclic) bond motifs is 3. The zero-order valence-electron chi connectivity index (χ0n) is 17.7. The fourth-order valence-electron chi connectivity index (χ4n) is 4.81. The van der Waals surface area contributed by atoms with Gasteiger partial charge >= 0.3 is 5.76 Å². The van der Waals surface area contributed by atoms with Crippen LogP contribution in [0.3, 0.4) is 0 Å². The lowest BCUT2D eigenvalue weighted by atomic mass is 9.79. The van der Waals surface area contributed by atoms with Gasteiger partial charge in [0.2, 0.25) is 11.8 Å². The molecule has 2 amide bonds. The molecule has 8 nitrogen and oxygen atoms in total. The van der Waals surface area contributed by atoms with Crippen LogP contribution in [0.2, 0.25) is 0 Å². The third-order valence-electron chi connectivity index (χ3n) is 6.43. The summed E-state index contributed by atoms with van der Waals surface area (Å²) in [6.45, 7) is 2.31. The van der Waals surface area contributed by atoms with E-state index in [1.165, 1.54) is 4.57 Å². The number of aromatic nitrogens is 1. The van der Waals surface area contributed by atoms with Gasteiger partial charge < -0.3 is 19.5 Å². The van der Waals surface area contributed by atoms with Gasteiger partial charge in [0.1, 0.15) is 6.54 Å². The normalized spacial score (nSPS) is 23.5. The van der Waals surface area contributed by atoms with Gasteiger partial charge in [-0.25, -0.2) is 4.79 Å². The van der Waals surface area contributed by atoms with E-state index < -0.39 is 5.76 Å². The van der Waals surface area contributed by atoms with E-state index in [2.05, 4.69) is 5.32 Å². The predicted octanol–water partition coefficient (Wildman–Crippen LogP) is 1.29. The van der Waals surface area contributed by atoms with E-state index in [0.29, 0.717) is 41.9 Å². The van der Waals surface area contributed by atoms with E-state index in [1.807, 2.05) is 17.0 Å². The summed E-state index contributed by atoms with van der Waals surface area (Å²) in [7, 11) is 3.57. The highest BCUT2D eigenvalue weighted by Crippen LogP contribution is 2.30. The first kappa shape index (κ1) is 20.7. The summed E-state index contributed by atoms with van der Waals surface area (Å²) >= 11 is 0. The summed E-state index contributed by atoms with van der Waals surface area (Å²) in [6.07, 6.45) is 3.45. The largest absolute Gasteiger partial charge is 0.420 e. The first-order valence-electron chi connectivity index (χ1n) is 10.7. The molecular weight excluding hydrogens is 384 g/mol. The quantitative estimate of drug-likeness (QED) is 0.770. The Kier molecular flexibility index (Phi) is 5.94. The number of hydrogen-bond acceptors (Lipinski definition) is 5. The standard InChI is InChI=1S/C22H30N4O4/c1-24(2)20(27)9-5-6-17-16-10-15(11-23-17)12-25(13-16)21(28)14-26-18-7-3-4-8-19(18)30-22(26)29/h3-4,7-8,15-17,23H,5-6,9-14H2,1-2H3/t15-,16+,17+/m0/s1. The molecule has 4 rings (SSSR count). The smallest absolute Gasteiger partial charge is 0.408 e. The fraction of sp³-hybridized carbons (Fsp3) is 0.591. The number of para-hydroxylation sites is 2. The summed E-state index contributed by atoms with van der Waals surface area (Å²) < 4.78 is 6.68. The second-order valence-corrected chi connectivity index (χ2v) is 8.78. The first-order chi connectivity index (χ1) is 14.4. The lowest BCUT2D eigenvalue weighted by Crippen LogP contribution is -2.57. The summed E-state index contributed by atoms with van der Waals surface area (Å²) in [4.78, 5) is 40.6. The van der Waals surface area contributed by atoms with Gasteiger partial charge in [-0.1, -0.05) is 12.1 Å². The molecule has 162 valence electrons. The van der Waals surface area contributed by atoms with Crippen LogP contribution in [-0.4, -0.2) is 66.0 Å². The molecule has 0 aliphatic carbocycles. The number of benzene rings is 1. The van der Waals surface area contributed by atoms with Gasteiger partial charge in [0.25, 0.3) is 0 Å². The molecule has 2 aromatic rings. The fourth-order valence-corrected chi connectivity index (χ4v) is 4.81. The predicted molar refractivity (Wildman–Crippen MR) is 113 cm³/mol. The number of likely N-dealkylation sites (tertiary alicyclic amines) is 1. The Morgan fingerprint density at radius 2 is 2.03 bits per heavy atom. The van der Waals surface area contributed by atoms with Crippen LogP contribution in [0.5, 0.6) is 0 Å². The number of hydrogen-bond donors (Lipinski definition) is 1. The molecule has 0 spiro atoms. The van der Waals surface area contributed by atoms with Crippen LogP contribution in [0.4, 0.5) is 0 Å². The Balaban J connectivity index is 1.38. The van der Waals surface area contributed by atoms with E-state index in [9.17, 15) is 14.4 Å². The third kappa shape index (κ3) is 4.28. The molecule has 2 saturated heterocycles. The summed E-state index contributed by atoms with van der Waals surface area (Å²) in [5.74, 6) is 0.439. The van der Waals surface area contributed by atoms with E-state index >= 15 is 0 Å². The maximum atomic E-state index is 13.0. The van der Waals surface area contributed by atoms with E-state index in [1.54, 1.807) is 31.1 Å². The van der Waals surface area contributed by atoms with Crippen LogP contribution in [-0.2, 0) is 16.1 Å². The summed E-state index contributed by atoms with van der Waals surface area (Å²) in [5.41, 5.74) is 1.15. The van der Waals surface area contributed by atoms with Crippen molar-refractivity contribution >= 4 is 22.9 Å². The van der Waals surface area contributed by atoms with Crippen molar-refractivity contribution in [3.05, 3.63) is 34.8 Å². The van der Waals surface area contributed by atoms with E-state index in [-0.39, 0.29) is 18.4 Å². The molecule has 0 unspecified atom stereocenters. The van der Waals surface area contributed by atoms with E-state index in [4.69, 9.17) is 4.42 Å². The van der Waals surface area contributed by atoms with Crippen LogP contribution >= 0.6 is 0 Å². The van der Waals surface area contributed by atoms with Crippen LogP contribution in [0.15, 0.2) is 33.5 Å². The number of nitrogens with zero attached hydrogens (tertiary/aromatic N) is 3. The monoisotopic (exact) mass is 414 g/mol. The molecule has 0 saturated carbocycles. The number of amides is 2. The highest BCUT2D eigenvalue weighted by molar-refractivity contribution is 5.79. The number of piperidine rings is 2. The molecule has 1 aromatic carbocycles. The number of oxazole rings is 1. The minimum atomic E-state index is -0.494. The Labute approximate surface area is 175 Å². The lowest BCUT2D eigenvalue weighted by Gasteiger charge is -2.46. The molecule has 2 aliphatic rings. The SMILES string of the molecule is CN(C)C(=O)CCC[C@H]1NC[C@@H]2C[C@@H]1CN(C(=O)Cn1c(=O)oc3ccccc31)C2. The zero-order chi connectivity index (χ0) is 21.3. The molecule has 8 heteroatoms. The molecule has 3 heterocycles. The average Bonchev–Trinajstić information content (AvgIpc) is 3.04. The van der Waals surface area contributed by atoms with Gasteiger partial charge in [-0.3, -0.25) is 14.2 Å². The van der Waals surface area contributed by atoms with Crippen molar-refractivity contribution in [1.29, 1.82) is 0 Å². The Bertz CT molecular complexity index is 979. The molecular formula is C22H30N4O4. The Hall–Kier alpha value is -2.61. The van der Waals surface area contributed by atoms with Crippen molar-refractivity contribution < 1.29 is 14.0 Å². The first-order valence-corrected chi connectivity index (χ1v) is 10.7. The van der Waals surface area contributed by atoms with Crippen molar-refractivity contribution in [3.8, 4) is 0 Å². The van der Waals surface area contributed by atoms with Crippen molar-refractivity contribution in [1.82, 2.24) is 19.7 Å². The maximum Gasteiger partial charge on any atom is 0.420 e. The van der Waals surface area contributed by atoms with E-state index in [0.717, 1.165) is 32.4 Å². The minimum absolute atomic E-state index is 0.00468. The van der Waals surface area contributed by atoms with Crippen LogP contribution in [0.25, 0.3) is 11.1 Å². The van der Waals surface area contributed by atoms with Gasteiger partial charge in [0.15, 0.2) is 5.58 Å². The van der Waals surface area contributed by atoms with Gasteiger partial charge in [-0.2, -0.15) is 0 Å². The molecule has 1 N–H and O–H groups in total. The van der Waals surface area contributed by atoms with Gasteiger partial charge in [-0.15, -0.1) is 0 Å². The second kappa shape index (κ2) is 8.63. The summed E-state index contributed by atoms with van der Waals surface area (Å²) in [6, 6.07) is 7.50. The van der Waals surface area contributed by atoms with Crippen molar-refractivity contribution in [2.45, 2.75) is 38.3 Å². The van der Waals surface area contributed by atoms with Gasteiger partial charge in [-0.05, 0) is 49.8 Å². The third-order valence-corrected chi connectivity index (χ3v) is 6.43. The topological polar surface area (TPSA) is 87.8 Å². The average molecular weight is 415 g/mol. The number of nitrogens with one attached hydrogen (secondary N) is 1. The number of rotatable bonds is 6. The number of carbonyl (C=O) groups excluding carboxylic acids is 2. The van der Waals surface area contributed by atoms with Gasteiger partial charge in [0.05, 0.1) is 5.52 Å². The van der Waals surface area contributed by atoms with Crippen LogP contribution < -0.4 is 11.1 Å². The Morgan fingerprint density at radius 1 is 1.23 bits per heavy atom. The van der Waals surface area contributed by atoms with Crippen LogP contribution in [0.1, 0.15) is 25.7 Å². The van der Waals surface area contributed by atoms with Crippen molar-refractivity contribution in [3.63, 3.8) is 0 Å². The maximum absolute atomic E-state index is 13.0. The minimum Gasteiger partial charge on any atom is -0.408 e. The van der Waals surface area contributed by atoms with Gasteiger partial charge in [0, 0.05) is 39.6 Å². The molecule has 3 atom stereocenters. The molecule has 30 heavy (non-hydrogen) atoms.